The minimum Gasteiger partial charge on any atom is -0.258 e. The van der Waals surface area contributed by atoms with Crippen LogP contribution in [-0.4, -0.2) is 4.92 Å². The van der Waals surface area contributed by atoms with Gasteiger partial charge >= 0.3 is 0 Å². The Labute approximate surface area is 108 Å². The number of rotatable bonds is 4. The number of nitro groups is 1. The van der Waals surface area contributed by atoms with Crippen LogP contribution >= 0.6 is 11.3 Å². The van der Waals surface area contributed by atoms with E-state index in [0.717, 1.165) is 5.56 Å². The summed E-state index contributed by atoms with van der Waals surface area (Å²) in [7, 11) is 0. The summed E-state index contributed by atoms with van der Waals surface area (Å²) >= 11 is 1.40. The highest BCUT2D eigenvalue weighted by molar-refractivity contribution is 7.10. The number of benzene rings is 1. The quantitative estimate of drug-likeness (QED) is 0.624. The lowest BCUT2D eigenvalue weighted by molar-refractivity contribution is -0.385. The molecule has 4 nitrogen and oxygen atoms in total. The summed E-state index contributed by atoms with van der Waals surface area (Å²) in [6, 6.07) is 10.8. The maximum atomic E-state index is 10.9. The van der Waals surface area contributed by atoms with Crippen LogP contribution in [0.4, 0.5) is 5.69 Å². The molecule has 0 aliphatic heterocycles. The molecule has 0 unspecified atom stereocenters. The van der Waals surface area contributed by atoms with E-state index < -0.39 is 0 Å². The molecule has 0 aliphatic carbocycles. The number of nitro benzene ring substituents is 1. The van der Waals surface area contributed by atoms with Gasteiger partial charge in [-0.15, -0.1) is 11.3 Å². The second-order valence-electron chi connectivity index (χ2n) is 3.77. The summed E-state index contributed by atoms with van der Waals surface area (Å²) in [5, 5.41) is 21.6. The van der Waals surface area contributed by atoms with E-state index in [0.29, 0.717) is 23.3 Å². The fourth-order valence-corrected chi connectivity index (χ4v) is 2.54. The Bertz CT molecular complexity index is 613. The van der Waals surface area contributed by atoms with Gasteiger partial charge in [-0.3, -0.25) is 10.1 Å². The van der Waals surface area contributed by atoms with Crippen LogP contribution in [0.5, 0.6) is 0 Å². The van der Waals surface area contributed by atoms with Gasteiger partial charge in [0.2, 0.25) is 0 Å². The van der Waals surface area contributed by atoms with Crippen LogP contribution in [0.15, 0.2) is 35.7 Å². The lowest BCUT2D eigenvalue weighted by atomic mass is 10.0. The number of hydrogen-bond donors (Lipinski definition) is 0. The van der Waals surface area contributed by atoms with E-state index in [1.165, 1.54) is 17.4 Å². The van der Waals surface area contributed by atoms with Crippen LogP contribution < -0.4 is 0 Å². The van der Waals surface area contributed by atoms with Gasteiger partial charge in [0.05, 0.1) is 4.92 Å². The highest BCUT2D eigenvalue weighted by atomic mass is 32.1. The van der Waals surface area contributed by atoms with Gasteiger partial charge in [0.1, 0.15) is 10.9 Å². The Morgan fingerprint density at radius 2 is 1.94 bits per heavy atom. The van der Waals surface area contributed by atoms with E-state index in [9.17, 15) is 10.1 Å². The Kier molecular flexibility index (Phi) is 3.70. The van der Waals surface area contributed by atoms with Crippen molar-refractivity contribution in [1.29, 1.82) is 5.26 Å². The van der Waals surface area contributed by atoms with Crippen molar-refractivity contribution in [3.8, 4) is 6.07 Å². The van der Waals surface area contributed by atoms with Crippen LogP contribution in [0.25, 0.3) is 0 Å². The first-order chi connectivity index (χ1) is 8.72. The highest BCUT2D eigenvalue weighted by Crippen LogP contribution is 2.22. The summed E-state index contributed by atoms with van der Waals surface area (Å²) in [5.41, 5.74) is 1.81. The van der Waals surface area contributed by atoms with E-state index in [2.05, 4.69) is 6.07 Å². The van der Waals surface area contributed by atoms with Gasteiger partial charge in [0, 0.05) is 11.6 Å². The first kappa shape index (κ1) is 12.3. The number of hydrogen-bond acceptors (Lipinski definition) is 4. The van der Waals surface area contributed by atoms with Crippen molar-refractivity contribution in [2.45, 2.75) is 12.8 Å². The summed E-state index contributed by atoms with van der Waals surface area (Å²) in [6.07, 6.45) is 1.22. The third kappa shape index (κ3) is 2.55. The van der Waals surface area contributed by atoms with Gasteiger partial charge in [-0.05, 0) is 29.9 Å². The lowest BCUT2D eigenvalue weighted by Crippen LogP contribution is -1.97. The fourth-order valence-electron chi connectivity index (χ4n) is 1.80. The van der Waals surface area contributed by atoms with Gasteiger partial charge < -0.3 is 0 Å². The van der Waals surface area contributed by atoms with Crippen molar-refractivity contribution in [1.82, 2.24) is 0 Å². The van der Waals surface area contributed by atoms with Crippen molar-refractivity contribution >= 4 is 17.0 Å². The zero-order valence-corrected chi connectivity index (χ0v) is 10.3. The molecule has 5 heteroatoms. The predicted molar refractivity (Wildman–Crippen MR) is 69.5 cm³/mol. The molecule has 1 heterocycles. The first-order valence-corrected chi connectivity index (χ1v) is 6.29. The van der Waals surface area contributed by atoms with E-state index in [4.69, 9.17) is 5.26 Å². The maximum absolute atomic E-state index is 10.9. The molecule has 1 aromatic heterocycles. The monoisotopic (exact) mass is 258 g/mol. The Morgan fingerprint density at radius 1 is 1.22 bits per heavy atom. The molecular formula is C13H10N2O2S. The van der Waals surface area contributed by atoms with Gasteiger partial charge in [0.15, 0.2) is 0 Å². The van der Waals surface area contributed by atoms with E-state index in [1.54, 1.807) is 18.2 Å². The number of nitriles is 1. The smallest absolute Gasteiger partial charge is 0.258 e. The molecule has 2 rings (SSSR count). The van der Waals surface area contributed by atoms with Gasteiger partial charge in [0.25, 0.3) is 5.69 Å². The molecule has 0 atom stereocenters. The number of thiophene rings is 1. The maximum Gasteiger partial charge on any atom is 0.272 e. The Morgan fingerprint density at radius 3 is 2.67 bits per heavy atom. The molecule has 0 aliphatic rings. The molecular weight excluding hydrogens is 248 g/mol. The predicted octanol–water partition coefficient (Wildman–Crippen LogP) is 3.31. The topological polar surface area (TPSA) is 66.9 Å². The van der Waals surface area contributed by atoms with Gasteiger partial charge in [-0.2, -0.15) is 5.26 Å². The van der Waals surface area contributed by atoms with Crippen LogP contribution in [0.2, 0.25) is 0 Å². The standard InChI is InChI=1S/C13H10N2O2S/c14-9-13-11(7-8-18-13)6-5-10-3-1-2-4-12(10)15(16)17/h1-4,7-8H,5-6H2. The molecule has 0 amide bonds. The third-order valence-corrected chi connectivity index (χ3v) is 3.56. The summed E-state index contributed by atoms with van der Waals surface area (Å²) < 4.78 is 0. The molecule has 0 fully saturated rings. The zero-order chi connectivity index (χ0) is 13.0. The van der Waals surface area contributed by atoms with Gasteiger partial charge in [-0.25, -0.2) is 0 Å². The molecule has 0 saturated heterocycles. The van der Waals surface area contributed by atoms with Crippen molar-refractivity contribution < 1.29 is 4.92 Å². The second kappa shape index (κ2) is 5.43. The average molecular weight is 258 g/mol. The summed E-state index contributed by atoms with van der Waals surface area (Å²) in [6.45, 7) is 0. The largest absolute Gasteiger partial charge is 0.272 e. The average Bonchev–Trinajstić information content (AvgIpc) is 2.84. The molecule has 0 bridgehead atoms. The first-order valence-electron chi connectivity index (χ1n) is 5.41. The van der Waals surface area contributed by atoms with Crippen LogP contribution in [0.3, 0.4) is 0 Å². The zero-order valence-electron chi connectivity index (χ0n) is 9.50. The summed E-state index contributed by atoms with van der Waals surface area (Å²) in [4.78, 5) is 11.2. The summed E-state index contributed by atoms with van der Waals surface area (Å²) in [5.74, 6) is 0. The molecule has 0 N–H and O–H groups in total. The molecule has 0 spiro atoms. The van der Waals surface area contributed by atoms with Crippen LogP contribution in [-0.2, 0) is 12.8 Å². The van der Waals surface area contributed by atoms with E-state index in [-0.39, 0.29) is 10.6 Å². The van der Waals surface area contributed by atoms with Crippen molar-refractivity contribution in [2.75, 3.05) is 0 Å². The number of aryl methyl sites for hydroxylation is 2. The Balaban J connectivity index is 2.16. The fraction of sp³-hybridized carbons (Fsp3) is 0.154. The number of nitrogens with zero attached hydrogens (tertiary/aromatic N) is 2. The highest BCUT2D eigenvalue weighted by Gasteiger charge is 2.13. The van der Waals surface area contributed by atoms with Gasteiger partial charge in [-0.1, -0.05) is 18.2 Å². The lowest BCUT2D eigenvalue weighted by Gasteiger charge is -2.02. The molecule has 0 saturated carbocycles. The van der Waals surface area contributed by atoms with E-state index in [1.807, 2.05) is 11.4 Å². The third-order valence-electron chi connectivity index (χ3n) is 2.70. The van der Waals surface area contributed by atoms with Crippen LogP contribution in [0, 0.1) is 21.4 Å². The molecule has 90 valence electrons. The Hall–Kier alpha value is -2.19. The normalized spacial score (nSPS) is 9.94. The molecule has 2 aromatic rings. The van der Waals surface area contributed by atoms with Crippen molar-refractivity contribution in [2.24, 2.45) is 0 Å². The second-order valence-corrected chi connectivity index (χ2v) is 4.69. The minimum atomic E-state index is -0.367. The minimum absolute atomic E-state index is 0.145. The SMILES string of the molecule is N#Cc1sccc1CCc1ccccc1[N+](=O)[O-]. The molecule has 1 aromatic carbocycles. The van der Waals surface area contributed by atoms with Crippen LogP contribution in [0.1, 0.15) is 16.0 Å². The van der Waals surface area contributed by atoms with Crippen molar-refractivity contribution in [3.05, 3.63) is 61.8 Å². The number of para-hydroxylation sites is 1. The molecule has 0 radical (unpaired) electrons. The van der Waals surface area contributed by atoms with E-state index >= 15 is 0 Å². The van der Waals surface area contributed by atoms with Crippen molar-refractivity contribution in [3.63, 3.8) is 0 Å². The molecule has 18 heavy (non-hydrogen) atoms.